The van der Waals surface area contributed by atoms with E-state index in [1.54, 1.807) is 31.4 Å². The van der Waals surface area contributed by atoms with Crippen molar-refractivity contribution in [2.75, 3.05) is 20.3 Å². The number of aliphatic hydroxyl groups is 1. The molecule has 0 unspecified atom stereocenters. The predicted octanol–water partition coefficient (Wildman–Crippen LogP) is 5.46. The van der Waals surface area contributed by atoms with Crippen molar-refractivity contribution in [3.05, 3.63) is 96.1 Å². The van der Waals surface area contributed by atoms with Crippen molar-refractivity contribution in [3.63, 3.8) is 0 Å². The highest BCUT2D eigenvalue weighted by atomic mass is 28.4. The number of benzene rings is 3. The van der Waals surface area contributed by atoms with Crippen molar-refractivity contribution in [2.45, 2.75) is 134 Å². The van der Waals surface area contributed by atoms with Crippen molar-refractivity contribution in [1.29, 1.82) is 0 Å². The van der Waals surface area contributed by atoms with Gasteiger partial charge in [-0.15, -0.1) is 0 Å². The lowest BCUT2D eigenvalue weighted by atomic mass is 9.95. The summed E-state index contributed by atoms with van der Waals surface area (Å²) in [4.78, 5) is 37.0. The van der Waals surface area contributed by atoms with Crippen LogP contribution in [0.4, 0.5) is 0 Å². The van der Waals surface area contributed by atoms with Crippen molar-refractivity contribution in [3.8, 4) is 11.5 Å². The minimum Gasteiger partial charge on any atom is -0.497 e. The smallest absolute Gasteiger partial charge is 0.303 e. The Kier molecular flexibility index (Phi) is 16.9. The van der Waals surface area contributed by atoms with Crippen LogP contribution in [-0.2, 0) is 65.2 Å². The molecule has 5 rings (SSSR count). The molecule has 0 bridgehead atoms. The third-order valence-corrected chi connectivity index (χ3v) is 15.4. The first-order valence-corrected chi connectivity index (χ1v) is 23.3. The second-order valence-electron chi connectivity index (χ2n) is 16.7. The Balaban J connectivity index is 1.62. The van der Waals surface area contributed by atoms with E-state index in [0.29, 0.717) is 11.5 Å². The molecule has 2 fully saturated rings. The number of hydrogen-bond donors (Lipinski definition) is 2. The summed E-state index contributed by atoms with van der Waals surface area (Å²) in [5, 5.41) is 14.3. The molecule has 2 heterocycles. The van der Waals surface area contributed by atoms with Gasteiger partial charge in [0.2, 0.25) is 12.2 Å². The average Bonchev–Trinajstić information content (AvgIpc) is 3.20. The number of esters is 2. The van der Waals surface area contributed by atoms with Crippen LogP contribution in [0.3, 0.4) is 0 Å². The minimum absolute atomic E-state index is 0.0299. The van der Waals surface area contributed by atoms with E-state index in [2.05, 4.69) is 39.2 Å². The zero-order valence-electron chi connectivity index (χ0n) is 36.4. The third kappa shape index (κ3) is 13.3. The highest BCUT2D eigenvalue weighted by molar-refractivity contribution is 6.74. The molecule has 0 saturated carbocycles. The molecule has 0 radical (unpaired) electrons. The number of amides is 1. The first-order valence-electron chi connectivity index (χ1n) is 20.4. The fourth-order valence-corrected chi connectivity index (χ4v) is 8.07. The molecular formula is C45H61NO14Si. The second kappa shape index (κ2) is 21.6. The molecule has 61 heavy (non-hydrogen) atoms. The van der Waals surface area contributed by atoms with Crippen molar-refractivity contribution in [1.82, 2.24) is 5.32 Å². The van der Waals surface area contributed by atoms with Gasteiger partial charge in [-0.3, -0.25) is 14.4 Å². The summed E-state index contributed by atoms with van der Waals surface area (Å²) in [6.07, 6.45) is -10.5. The minimum atomic E-state index is -2.73. The van der Waals surface area contributed by atoms with Crippen molar-refractivity contribution < 1.29 is 66.5 Å². The number of hydrogen-bond acceptors (Lipinski definition) is 14. The largest absolute Gasteiger partial charge is 0.497 e. The Hall–Kier alpha value is -4.39. The summed E-state index contributed by atoms with van der Waals surface area (Å²) in [7, 11) is -1.15. The lowest BCUT2D eigenvalue weighted by Gasteiger charge is -2.51. The summed E-state index contributed by atoms with van der Waals surface area (Å²) in [6.45, 7) is 14.2. The highest BCUT2D eigenvalue weighted by Crippen LogP contribution is 2.42. The predicted molar refractivity (Wildman–Crippen MR) is 225 cm³/mol. The number of carbonyl (C=O) groups excluding carboxylic acids is 3. The molecule has 15 nitrogen and oxygen atoms in total. The van der Waals surface area contributed by atoms with E-state index in [4.69, 9.17) is 47.1 Å². The Bertz CT molecular complexity index is 1840. The maximum atomic E-state index is 12.7. The summed E-state index contributed by atoms with van der Waals surface area (Å²) in [5.41, 5.74) is 1.81. The lowest BCUT2D eigenvalue weighted by Crippen LogP contribution is -2.69. The number of carbonyl (C=O) groups is 3. The van der Waals surface area contributed by atoms with Gasteiger partial charge in [0.25, 0.3) is 0 Å². The van der Waals surface area contributed by atoms with Gasteiger partial charge in [0.05, 0.1) is 26.9 Å². The maximum Gasteiger partial charge on any atom is 0.303 e. The normalized spacial score (nSPS) is 26.8. The molecular weight excluding hydrogens is 807 g/mol. The van der Waals surface area contributed by atoms with Gasteiger partial charge >= 0.3 is 11.9 Å². The highest BCUT2D eigenvalue weighted by Gasteiger charge is 2.56. The monoisotopic (exact) mass is 867 g/mol. The summed E-state index contributed by atoms with van der Waals surface area (Å²) in [6, 6.07) is 25.1. The Labute approximate surface area is 359 Å². The van der Waals surface area contributed by atoms with Gasteiger partial charge in [-0.1, -0.05) is 81.4 Å². The van der Waals surface area contributed by atoms with Crippen LogP contribution in [-0.4, -0.2) is 113 Å². The number of ether oxygens (including phenoxy) is 9. The fourth-order valence-electron chi connectivity index (χ4n) is 6.77. The molecule has 3 aromatic carbocycles. The Morgan fingerprint density at radius 1 is 0.721 bits per heavy atom. The van der Waals surface area contributed by atoms with Crippen LogP contribution in [0, 0.1) is 0 Å². The van der Waals surface area contributed by atoms with Gasteiger partial charge in [-0.05, 0) is 53.5 Å². The molecule has 2 aliphatic rings. The van der Waals surface area contributed by atoms with E-state index in [1.165, 1.54) is 20.8 Å². The Morgan fingerprint density at radius 2 is 1.30 bits per heavy atom. The third-order valence-electron chi connectivity index (χ3n) is 10.9. The van der Waals surface area contributed by atoms with Crippen LogP contribution in [0.15, 0.2) is 84.9 Å². The van der Waals surface area contributed by atoms with Gasteiger partial charge in [-0.25, -0.2) is 0 Å². The molecule has 2 saturated heterocycles. The van der Waals surface area contributed by atoms with Gasteiger partial charge in [0.1, 0.15) is 60.8 Å². The van der Waals surface area contributed by atoms with Gasteiger partial charge in [0, 0.05) is 20.8 Å². The molecule has 2 N–H and O–H groups in total. The number of aliphatic hydroxyl groups excluding tert-OH is 1. The molecule has 334 valence electrons. The zero-order valence-corrected chi connectivity index (χ0v) is 37.4. The number of rotatable bonds is 18. The van der Waals surface area contributed by atoms with E-state index in [1.807, 2.05) is 60.7 Å². The topological polar surface area (TPSA) is 176 Å². The van der Waals surface area contributed by atoms with E-state index in [0.717, 1.165) is 11.1 Å². The molecule has 3 aromatic rings. The average molecular weight is 868 g/mol. The van der Waals surface area contributed by atoms with Crippen LogP contribution in [0.25, 0.3) is 0 Å². The van der Waals surface area contributed by atoms with E-state index < -0.39 is 94.1 Å². The molecule has 10 atom stereocenters. The maximum absolute atomic E-state index is 12.7. The first-order chi connectivity index (χ1) is 28.9. The van der Waals surface area contributed by atoms with Crippen LogP contribution in [0.2, 0.25) is 18.1 Å². The fraction of sp³-hybridized carbons (Fsp3) is 0.533. The molecule has 1 amide bonds. The van der Waals surface area contributed by atoms with Crippen LogP contribution in [0.5, 0.6) is 11.5 Å². The van der Waals surface area contributed by atoms with E-state index in [9.17, 15) is 19.5 Å². The number of nitrogens with one attached hydrogen (secondary N) is 1. The van der Waals surface area contributed by atoms with Gasteiger partial charge < -0.3 is 57.5 Å². The van der Waals surface area contributed by atoms with Crippen LogP contribution < -0.4 is 14.8 Å². The van der Waals surface area contributed by atoms with Crippen LogP contribution in [0.1, 0.15) is 52.7 Å². The Morgan fingerprint density at radius 3 is 1.85 bits per heavy atom. The van der Waals surface area contributed by atoms with Gasteiger partial charge in [0.15, 0.2) is 20.7 Å². The molecule has 0 aromatic heterocycles. The SMILES string of the molecule is COc1ccc(O[C@@H]2O[C@H](COCc3ccccc3)[C@H](O[C@@H]3O[C@H](COC(C)=O)[C@H](OC(C)=O)[C@H](O)[C@H]3NC(C)=O)[C@H](O[Si](C)(C)C(C)(C)C)[C@H]2OCc2ccccc2)cc1. The standard InChI is InChI=1S/C45H61NO14Si/c1-28(47)46-37-38(50)39(55-30(3)49)36(27-53-29(2)48)57-43(37)59-40-35(26-52-24-31-16-12-10-13-17-31)58-44(56-34-22-20-33(51-7)21-23-34)42(54-25-32-18-14-11-15-19-32)41(40)60-61(8,9)45(4,5)6/h10-23,35-44,50H,24-27H2,1-9H3,(H,46,47)/t35-,36-,37-,38-,39+,40+,41+,42-,43+,44-/m1/s1. The summed E-state index contributed by atoms with van der Waals surface area (Å²) in [5.74, 6) is -0.749. The van der Waals surface area contributed by atoms with Crippen molar-refractivity contribution in [2.24, 2.45) is 0 Å². The summed E-state index contributed by atoms with van der Waals surface area (Å²) >= 11 is 0. The van der Waals surface area contributed by atoms with E-state index in [-0.39, 0.29) is 24.9 Å². The molecule has 2 aliphatic heterocycles. The second-order valence-corrected chi connectivity index (χ2v) is 21.4. The molecule has 0 aliphatic carbocycles. The summed E-state index contributed by atoms with van der Waals surface area (Å²) < 4.78 is 63.5. The van der Waals surface area contributed by atoms with Crippen LogP contribution >= 0.6 is 0 Å². The first kappa shape index (κ1) is 47.7. The quantitative estimate of drug-likeness (QED) is 0.122. The zero-order chi connectivity index (χ0) is 44.3. The van der Waals surface area contributed by atoms with Gasteiger partial charge in [-0.2, -0.15) is 0 Å². The number of methoxy groups -OCH3 is 1. The lowest BCUT2D eigenvalue weighted by molar-refractivity contribution is -0.342. The molecule has 0 spiro atoms. The molecule has 16 heteroatoms. The van der Waals surface area contributed by atoms with Crippen molar-refractivity contribution >= 4 is 26.2 Å². The van der Waals surface area contributed by atoms with E-state index >= 15 is 0 Å².